The number of benzene rings is 2. The monoisotopic (exact) mass is 404 g/mol. The highest BCUT2D eigenvalue weighted by molar-refractivity contribution is 9.10. The number of aryl methyl sites for hydroxylation is 1. The summed E-state index contributed by atoms with van der Waals surface area (Å²) in [6.07, 6.45) is 0. The second kappa shape index (κ2) is 6.71. The van der Waals surface area contributed by atoms with Gasteiger partial charge in [0.05, 0.1) is 10.7 Å². The lowest BCUT2D eigenvalue weighted by Crippen LogP contribution is -2.11. The number of carbonyl (C=O) groups excluding carboxylic acids is 1. The van der Waals surface area contributed by atoms with E-state index in [0.717, 1.165) is 15.6 Å². The van der Waals surface area contributed by atoms with E-state index in [9.17, 15) is 4.79 Å². The third-order valence-electron chi connectivity index (χ3n) is 3.53. The molecule has 0 spiro atoms. The Hall–Kier alpha value is -2.24. The van der Waals surface area contributed by atoms with Gasteiger partial charge in [0.1, 0.15) is 5.76 Å². The Morgan fingerprint density at radius 3 is 2.67 bits per heavy atom. The Balaban J connectivity index is 1.80. The molecule has 3 rings (SSSR count). The van der Waals surface area contributed by atoms with Crippen LogP contribution in [0.25, 0.3) is 11.3 Å². The summed E-state index contributed by atoms with van der Waals surface area (Å²) in [6.45, 7) is 2.00. The van der Waals surface area contributed by atoms with Crippen molar-refractivity contribution >= 4 is 44.8 Å². The van der Waals surface area contributed by atoms with Crippen molar-refractivity contribution in [2.75, 3.05) is 11.1 Å². The number of hydrogen-bond acceptors (Lipinski definition) is 3. The molecule has 1 heterocycles. The lowest BCUT2D eigenvalue weighted by Gasteiger charge is -2.05. The Bertz CT molecular complexity index is 921. The summed E-state index contributed by atoms with van der Waals surface area (Å²) in [6, 6.07) is 14.2. The van der Waals surface area contributed by atoms with Crippen LogP contribution < -0.4 is 11.1 Å². The van der Waals surface area contributed by atoms with Crippen LogP contribution in [0.5, 0.6) is 0 Å². The number of rotatable bonds is 3. The summed E-state index contributed by atoms with van der Waals surface area (Å²) in [7, 11) is 0. The average molecular weight is 406 g/mol. The van der Waals surface area contributed by atoms with Crippen molar-refractivity contribution < 1.29 is 9.21 Å². The number of nitrogens with two attached hydrogens (primary N) is 1. The minimum absolute atomic E-state index is 0.221. The molecule has 0 saturated carbocycles. The molecule has 0 aliphatic carbocycles. The summed E-state index contributed by atoms with van der Waals surface area (Å²) in [4.78, 5) is 12.3. The maximum absolute atomic E-state index is 12.3. The van der Waals surface area contributed by atoms with Crippen LogP contribution in [0.2, 0.25) is 5.02 Å². The lowest BCUT2D eigenvalue weighted by molar-refractivity contribution is 0.0997. The number of nitrogen functional groups attached to an aromatic ring is 1. The van der Waals surface area contributed by atoms with Crippen LogP contribution >= 0.6 is 27.5 Å². The second-order valence-electron chi connectivity index (χ2n) is 5.32. The Morgan fingerprint density at radius 1 is 1.17 bits per heavy atom. The number of amides is 1. The number of anilines is 2. The van der Waals surface area contributed by atoms with Crippen molar-refractivity contribution in [1.29, 1.82) is 0 Å². The van der Waals surface area contributed by atoms with E-state index in [1.54, 1.807) is 30.3 Å². The standard InChI is InChI=1S/C18H14BrClN2O2/c1-10-8-11(2-4-13(10)19)16-6-7-17(24-16)18(23)22-12-3-5-14(20)15(21)9-12/h2-9H,21H2,1H3,(H,22,23). The first-order chi connectivity index (χ1) is 11.4. The molecule has 0 aliphatic heterocycles. The molecule has 6 heteroatoms. The van der Waals surface area contributed by atoms with Crippen LogP contribution in [0, 0.1) is 6.92 Å². The van der Waals surface area contributed by atoms with Gasteiger partial charge in [-0.2, -0.15) is 0 Å². The second-order valence-corrected chi connectivity index (χ2v) is 6.58. The van der Waals surface area contributed by atoms with Crippen LogP contribution in [0.1, 0.15) is 16.1 Å². The highest BCUT2D eigenvalue weighted by atomic mass is 79.9. The van der Waals surface area contributed by atoms with Crippen LogP contribution in [0.3, 0.4) is 0 Å². The van der Waals surface area contributed by atoms with Gasteiger partial charge in [-0.3, -0.25) is 4.79 Å². The smallest absolute Gasteiger partial charge is 0.291 e. The van der Waals surface area contributed by atoms with Gasteiger partial charge in [0.2, 0.25) is 0 Å². The van der Waals surface area contributed by atoms with Crippen molar-refractivity contribution in [3.05, 3.63) is 69.3 Å². The summed E-state index contributed by atoms with van der Waals surface area (Å²) < 4.78 is 6.69. The number of furan rings is 1. The van der Waals surface area contributed by atoms with Crippen molar-refractivity contribution in [2.45, 2.75) is 6.92 Å². The van der Waals surface area contributed by atoms with Crippen LogP contribution in [-0.2, 0) is 0 Å². The molecule has 4 nitrogen and oxygen atoms in total. The van der Waals surface area contributed by atoms with E-state index < -0.39 is 0 Å². The molecule has 2 aromatic carbocycles. The maximum atomic E-state index is 12.3. The fraction of sp³-hybridized carbons (Fsp3) is 0.0556. The van der Waals surface area contributed by atoms with Crippen molar-refractivity contribution in [3.63, 3.8) is 0 Å². The van der Waals surface area contributed by atoms with Gasteiger partial charge in [0.15, 0.2) is 5.76 Å². The predicted molar refractivity (Wildman–Crippen MR) is 100 cm³/mol. The van der Waals surface area contributed by atoms with E-state index >= 15 is 0 Å². The van der Waals surface area contributed by atoms with E-state index in [2.05, 4.69) is 21.2 Å². The third kappa shape index (κ3) is 3.47. The first-order valence-electron chi connectivity index (χ1n) is 7.17. The molecule has 24 heavy (non-hydrogen) atoms. The van der Waals surface area contributed by atoms with Gasteiger partial charge >= 0.3 is 0 Å². The molecular formula is C18H14BrClN2O2. The summed E-state index contributed by atoms with van der Waals surface area (Å²) >= 11 is 9.33. The fourth-order valence-electron chi connectivity index (χ4n) is 2.23. The van der Waals surface area contributed by atoms with Gasteiger partial charge in [0, 0.05) is 15.7 Å². The van der Waals surface area contributed by atoms with Gasteiger partial charge in [-0.1, -0.05) is 33.6 Å². The van der Waals surface area contributed by atoms with Gasteiger partial charge in [-0.15, -0.1) is 0 Å². The van der Waals surface area contributed by atoms with E-state index in [1.807, 2.05) is 25.1 Å². The molecule has 0 fully saturated rings. The molecule has 3 aromatic rings. The lowest BCUT2D eigenvalue weighted by atomic mass is 10.1. The highest BCUT2D eigenvalue weighted by Crippen LogP contribution is 2.27. The zero-order valence-corrected chi connectivity index (χ0v) is 15.1. The normalized spacial score (nSPS) is 10.6. The number of carbonyl (C=O) groups is 1. The Morgan fingerprint density at radius 2 is 1.96 bits per heavy atom. The van der Waals surface area contributed by atoms with Gasteiger partial charge in [-0.05, 0) is 55.0 Å². The van der Waals surface area contributed by atoms with E-state index in [4.69, 9.17) is 21.8 Å². The van der Waals surface area contributed by atoms with Crippen molar-refractivity contribution in [1.82, 2.24) is 0 Å². The summed E-state index contributed by atoms with van der Waals surface area (Å²) in [5.74, 6) is 0.502. The number of hydrogen-bond donors (Lipinski definition) is 2. The summed E-state index contributed by atoms with van der Waals surface area (Å²) in [5.41, 5.74) is 8.69. The largest absolute Gasteiger partial charge is 0.451 e. The summed E-state index contributed by atoms with van der Waals surface area (Å²) in [5, 5.41) is 3.18. The first-order valence-corrected chi connectivity index (χ1v) is 8.34. The fourth-order valence-corrected chi connectivity index (χ4v) is 2.59. The Labute approximate surface area is 152 Å². The minimum Gasteiger partial charge on any atom is -0.451 e. The average Bonchev–Trinajstić information content (AvgIpc) is 3.04. The number of halogens is 2. The molecule has 3 N–H and O–H groups in total. The van der Waals surface area contributed by atoms with E-state index in [1.165, 1.54) is 0 Å². The Kier molecular flexibility index (Phi) is 4.64. The topological polar surface area (TPSA) is 68.3 Å². The molecule has 1 amide bonds. The van der Waals surface area contributed by atoms with Crippen LogP contribution in [-0.4, -0.2) is 5.91 Å². The molecular weight excluding hydrogens is 392 g/mol. The minimum atomic E-state index is -0.350. The third-order valence-corrected chi connectivity index (χ3v) is 4.76. The van der Waals surface area contributed by atoms with Gasteiger partial charge < -0.3 is 15.5 Å². The zero-order valence-electron chi connectivity index (χ0n) is 12.8. The molecule has 1 aromatic heterocycles. The first kappa shape index (κ1) is 16.6. The molecule has 0 unspecified atom stereocenters. The van der Waals surface area contributed by atoms with Crippen LogP contribution in [0.4, 0.5) is 11.4 Å². The quantitative estimate of drug-likeness (QED) is 0.565. The molecule has 0 aliphatic rings. The zero-order chi connectivity index (χ0) is 17.3. The van der Waals surface area contributed by atoms with Crippen LogP contribution in [0.15, 0.2) is 57.4 Å². The molecule has 0 bridgehead atoms. The predicted octanol–water partition coefficient (Wildman–Crippen LogP) is 5.51. The molecule has 0 saturated heterocycles. The number of nitrogens with one attached hydrogen (secondary N) is 1. The van der Waals surface area contributed by atoms with E-state index in [0.29, 0.717) is 22.2 Å². The van der Waals surface area contributed by atoms with Crippen molar-refractivity contribution in [2.24, 2.45) is 0 Å². The maximum Gasteiger partial charge on any atom is 0.291 e. The van der Waals surface area contributed by atoms with Crippen molar-refractivity contribution in [3.8, 4) is 11.3 Å². The SMILES string of the molecule is Cc1cc(-c2ccc(C(=O)Nc3ccc(Cl)c(N)c3)o2)ccc1Br. The molecule has 0 atom stereocenters. The molecule has 0 radical (unpaired) electrons. The van der Waals surface area contributed by atoms with E-state index in [-0.39, 0.29) is 11.7 Å². The highest BCUT2D eigenvalue weighted by Gasteiger charge is 2.13. The van der Waals surface area contributed by atoms with Gasteiger partial charge in [0.25, 0.3) is 5.91 Å². The van der Waals surface area contributed by atoms with Gasteiger partial charge in [-0.25, -0.2) is 0 Å². The molecule has 122 valence electrons.